The van der Waals surface area contributed by atoms with Crippen molar-refractivity contribution < 1.29 is 4.74 Å². The Morgan fingerprint density at radius 3 is 2.76 bits per heavy atom. The fourth-order valence-corrected chi connectivity index (χ4v) is 2.24. The van der Waals surface area contributed by atoms with Gasteiger partial charge in [0, 0.05) is 18.2 Å². The van der Waals surface area contributed by atoms with Crippen LogP contribution in [0.25, 0.3) is 11.3 Å². The van der Waals surface area contributed by atoms with E-state index >= 15 is 0 Å². The molecule has 0 radical (unpaired) electrons. The zero-order chi connectivity index (χ0) is 12.0. The highest BCUT2D eigenvalue weighted by atomic mass is 16.5. The van der Waals surface area contributed by atoms with Crippen molar-refractivity contribution in [1.29, 1.82) is 0 Å². The van der Waals surface area contributed by atoms with Gasteiger partial charge in [0.25, 0.3) is 0 Å². The Kier molecular flexibility index (Phi) is 2.19. The van der Waals surface area contributed by atoms with Crippen molar-refractivity contribution >= 4 is 5.82 Å². The molecule has 1 aliphatic heterocycles. The van der Waals surface area contributed by atoms with E-state index in [9.17, 15) is 0 Å². The van der Waals surface area contributed by atoms with E-state index in [1.54, 1.807) is 4.68 Å². The third-order valence-electron chi connectivity index (χ3n) is 3.33. The lowest BCUT2D eigenvalue weighted by Gasteiger charge is -2.02. The molecule has 2 aromatic rings. The molecule has 0 aliphatic carbocycles. The number of aryl methyl sites for hydroxylation is 1. The van der Waals surface area contributed by atoms with Gasteiger partial charge in [0.1, 0.15) is 5.82 Å². The van der Waals surface area contributed by atoms with Crippen molar-refractivity contribution in [1.82, 2.24) is 9.78 Å². The summed E-state index contributed by atoms with van der Waals surface area (Å²) in [5, 5.41) is 4.46. The maximum atomic E-state index is 5.93. The van der Waals surface area contributed by atoms with Gasteiger partial charge in [-0.05, 0) is 24.1 Å². The standard InChI is InChI=1S/C13H15N3O/c1-8-12(15-16(2)13(8)14)9-3-4-10-6-17-7-11(10)5-9/h3-5H,6-7,14H2,1-2H3. The van der Waals surface area contributed by atoms with E-state index in [1.807, 2.05) is 14.0 Å². The molecule has 1 aliphatic rings. The van der Waals surface area contributed by atoms with Crippen LogP contribution < -0.4 is 5.73 Å². The van der Waals surface area contributed by atoms with Crippen molar-refractivity contribution in [2.75, 3.05) is 5.73 Å². The Hall–Kier alpha value is -1.81. The van der Waals surface area contributed by atoms with Crippen LogP contribution in [0.5, 0.6) is 0 Å². The summed E-state index contributed by atoms with van der Waals surface area (Å²) < 4.78 is 7.13. The number of hydrogen-bond donors (Lipinski definition) is 1. The Morgan fingerprint density at radius 1 is 1.29 bits per heavy atom. The Balaban J connectivity index is 2.12. The predicted molar refractivity (Wildman–Crippen MR) is 66.3 cm³/mol. The number of fused-ring (bicyclic) bond motifs is 1. The molecule has 1 aromatic heterocycles. The number of nitrogens with two attached hydrogens (primary N) is 1. The molecule has 0 unspecified atom stereocenters. The second-order valence-electron chi connectivity index (χ2n) is 4.46. The molecule has 0 bridgehead atoms. The predicted octanol–water partition coefficient (Wildman–Crippen LogP) is 2.01. The van der Waals surface area contributed by atoms with Gasteiger partial charge in [-0.2, -0.15) is 5.10 Å². The molecule has 2 heterocycles. The molecule has 3 rings (SSSR count). The van der Waals surface area contributed by atoms with Crippen LogP contribution >= 0.6 is 0 Å². The van der Waals surface area contributed by atoms with Crippen LogP contribution in [0.3, 0.4) is 0 Å². The van der Waals surface area contributed by atoms with Crippen molar-refractivity contribution in [3.05, 3.63) is 34.9 Å². The summed E-state index contributed by atoms with van der Waals surface area (Å²) in [7, 11) is 1.86. The highest BCUT2D eigenvalue weighted by Crippen LogP contribution is 2.29. The number of anilines is 1. The van der Waals surface area contributed by atoms with Gasteiger partial charge in [-0.1, -0.05) is 12.1 Å². The first kappa shape index (κ1) is 10.4. The van der Waals surface area contributed by atoms with E-state index in [0.29, 0.717) is 6.61 Å². The van der Waals surface area contributed by atoms with Gasteiger partial charge >= 0.3 is 0 Å². The highest BCUT2D eigenvalue weighted by molar-refractivity contribution is 5.69. The van der Waals surface area contributed by atoms with E-state index < -0.39 is 0 Å². The molecule has 0 fully saturated rings. The maximum absolute atomic E-state index is 5.93. The highest BCUT2D eigenvalue weighted by Gasteiger charge is 2.15. The van der Waals surface area contributed by atoms with E-state index in [1.165, 1.54) is 11.1 Å². The minimum Gasteiger partial charge on any atom is -0.384 e. The first-order valence-electron chi connectivity index (χ1n) is 5.66. The Labute approximate surface area is 100 Å². The average molecular weight is 229 g/mol. The second kappa shape index (κ2) is 3.60. The lowest BCUT2D eigenvalue weighted by atomic mass is 10.0. The molecule has 88 valence electrons. The summed E-state index contributed by atoms with van der Waals surface area (Å²) in [6.45, 7) is 3.42. The van der Waals surface area contributed by atoms with Crippen molar-refractivity contribution in [3.63, 3.8) is 0 Å². The number of rotatable bonds is 1. The zero-order valence-electron chi connectivity index (χ0n) is 10.0. The zero-order valence-corrected chi connectivity index (χ0v) is 10.0. The fraction of sp³-hybridized carbons (Fsp3) is 0.308. The lowest BCUT2D eigenvalue weighted by molar-refractivity contribution is 0.134. The number of ether oxygens (including phenoxy) is 1. The molecule has 0 amide bonds. The smallest absolute Gasteiger partial charge is 0.124 e. The SMILES string of the molecule is Cc1c(-c2ccc3c(c2)COC3)nn(C)c1N. The second-order valence-corrected chi connectivity index (χ2v) is 4.46. The monoisotopic (exact) mass is 229 g/mol. The van der Waals surface area contributed by atoms with E-state index in [0.717, 1.165) is 29.2 Å². The minimum absolute atomic E-state index is 0.699. The Morgan fingerprint density at radius 2 is 2.06 bits per heavy atom. The van der Waals surface area contributed by atoms with Gasteiger partial charge in [-0.15, -0.1) is 0 Å². The van der Waals surface area contributed by atoms with E-state index in [4.69, 9.17) is 10.5 Å². The molecular weight excluding hydrogens is 214 g/mol. The number of nitrogen functional groups attached to an aromatic ring is 1. The molecule has 17 heavy (non-hydrogen) atoms. The fourth-order valence-electron chi connectivity index (χ4n) is 2.24. The molecule has 4 nitrogen and oxygen atoms in total. The van der Waals surface area contributed by atoms with Crippen LogP contribution in [-0.2, 0) is 25.0 Å². The van der Waals surface area contributed by atoms with Crippen LogP contribution in [0.2, 0.25) is 0 Å². The summed E-state index contributed by atoms with van der Waals surface area (Å²) in [6, 6.07) is 6.35. The quantitative estimate of drug-likeness (QED) is 0.813. The van der Waals surface area contributed by atoms with Crippen molar-refractivity contribution in [3.8, 4) is 11.3 Å². The molecule has 2 N–H and O–H groups in total. The molecule has 0 saturated carbocycles. The average Bonchev–Trinajstić information content (AvgIpc) is 2.89. The number of aromatic nitrogens is 2. The Bertz CT molecular complexity index is 587. The minimum atomic E-state index is 0.699. The largest absolute Gasteiger partial charge is 0.384 e. The lowest BCUT2D eigenvalue weighted by Crippen LogP contribution is -1.97. The maximum Gasteiger partial charge on any atom is 0.124 e. The number of benzene rings is 1. The van der Waals surface area contributed by atoms with Gasteiger partial charge in [-0.3, -0.25) is 4.68 Å². The summed E-state index contributed by atoms with van der Waals surface area (Å²) in [4.78, 5) is 0. The molecule has 4 heteroatoms. The molecule has 0 spiro atoms. The van der Waals surface area contributed by atoms with Gasteiger partial charge in [0.2, 0.25) is 0 Å². The molecule has 1 aromatic carbocycles. The molecule has 0 atom stereocenters. The van der Waals surface area contributed by atoms with Gasteiger partial charge in [-0.25, -0.2) is 0 Å². The van der Waals surface area contributed by atoms with Crippen LogP contribution in [0.4, 0.5) is 5.82 Å². The summed E-state index contributed by atoms with van der Waals surface area (Å²) in [5.41, 5.74) is 11.6. The summed E-state index contributed by atoms with van der Waals surface area (Å²) >= 11 is 0. The van der Waals surface area contributed by atoms with E-state index in [2.05, 4.69) is 23.3 Å². The third kappa shape index (κ3) is 1.52. The van der Waals surface area contributed by atoms with Gasteiger partial charge in [0.15, 0.2) is 0 Å². The van der Waals surface area contributed by atoms with Crippen LogP contribution in [0.15, 0.2) is 18.2 Å². The first-order chi connectivity index (χ1) is 8.16. The molecular formula is C13H15N3O. The van der Waals surface area contributed by atoms with Crippen molar-refractivity contribution in [2.24, 2.45) is 7.05 Å². The first-order valence-corrected chi connectivity index (χ1v) is 5.66. The summed E-state index contributed by atoms with van der Waals surface area (Å²) in [6.07, 6.45) is 0. The van der Waals surface area contributed by atoms with Crippen LogP contribution in [0, 0.1) is 6.92 Å². The normalized spacial score (nSPS) is 14.0. The van der Waals surface area contributed by atoms with Crippen LogP contribution in [-0.4, -0.2) is 9.78 Å². The van der Waals surface area contributed by atoms with Gasteiger partial charge in [0.05, 0.1) is 18.9 Å². The summed E-state index contributed by atoms with van der Waals surface area (Å²) in [5.74, 6) is 0.719. The third-order valence-corrected chi connectivity index (χ3v) is 3.33. The van der Waals surface area contributed by atoms with Crippen LogP contribution in [0.1, 0.15) is 16.7 Å². The topological polar surface area (TPSA) is 53.1 Å². The molecule has 0 saturated heterocycles. The van der Waals surface area contributed by atoms with Crippen molar-refractivity contribution in [2.45, 2.75) is 20.1 Å². The van der Waals surface area contributed by atoms with E-state index in [-0.39, 0.29) is 0 Å². The number of hydrogen-bond acceptors (Lipinski definition) is 3. The van der Waals surface area contributed by atoms with Gasteiger partial charge < -0.3 is 10.5 Å². The number of nitrogens with zero attached hydrogens (tertiary/aromatic N) is 2.